The van der Waals surface area contributed by atoms with E-state index in [2.05, 4.69) is 5.10 Å². The standard InChI is InChI=1S/C15H19ClN4O/c1-4-20-12(14(16)10(3)19-20)8-21-13-7-11(15(17)18)6-5-9(13)2/h5-7H,4,8H2,1-3H3,(H3,17,18). The Hall–Kier alpha value is -2.01. The number of hydrogen-bond donors (Lipinski definition) is 2. The average molecular weight is 307 g/mol. The highest BCUT2D eigenvalue weighted by Gasteiger charge is 2.14. The summed E-state index contributed by atoms with van der Waals surface area (Å²) in [5, 5.41) is 12.5. The quantitative estimate of drug-likeness (QED) is 0.658. The zero-order valence-electron chi connectivity index (χ0n) is 12.4. The highest BCUT2D eigenvalue weighted by Crippen LogP contribution is 2.24. The van der Waals surface area contributed by atoms with Crippen LogP contribution >= 0.6 is 11.6 Å². The van der Waals surface area contributed by atoms with Crippen molar-refractivity contribution in [2.45, 2.75) is 33.9 Å². The Morgan fingerprint density at radius 1 is 1.43 bits per heavy atom. The van der Waals surface area contributed by atoms with Crippen molar-refractivity contribution in [3.05, 3.63) is 45.7 Å². The molecule has 0 atom stereocenters. The number of amidine groups is 1. The number of aromatic nitrogens is 2. The summed E-state index contributed by atoms with van der Waals surface area (Å²) in [5.74, 6) is 0.715. The molecule has 0 saturated carbocycles. The van der Waals surface area contributed by atoms with Crippen molar-refractivity contribution in [1.29, 1.82) is 5.41 Å². The molecule has 0 aliphatic carbocycles. The Bertz CT molecular complexity index is 679. The van der Waals surface area contributed by atoms with Gasteiger partial charge in [0.25, 0.3) is 0 Å². The maximum absolute atomic E-state index is 7.49. The molecule has 1 aromatic heterocycles. The Balaban J connectivity index is 2.24. The SMILES string of the molecule is CCn1nc(C)c(Cl)c1COc1cc(C(=N)N)ccc1C. The molecule has 6 heteroatoms. The fourth-order valence-electron chi connectivity index (χ4n) is 2.08. The van der Waals surface area contributed by atoms with E-state index in [1.54, 1.807) is 12.1 Å². The number of benzene rings is 1. The highest BCUT2D eigenvalue weighted by molar-refractivity contribution is 6.31. The number of nitrogen functional groups attached to an aromatic ring is 1. The summed E-state index contributed by atoms with van der Waals surface area (Å²) in [6, 6.07) is 5.46. The predicted molar refractivity (Wildman–Crippen MR) is 84.2 cm³/mol. The maximum atomic E-state index is 7.49. The number of hydrogen-bond acceptors (Lipinski definition) is 3. The van der Waals surface area contributed by atoms with E-state index in [0.717, 1.165) is 23.5 Å². The first-order chi connectivity index (χ1) is 9.93. The van der Waals surface area contributed by atoms with Crippen LogP contribution in [0.15, 0.2) is 18.2 Å². The first kappa shape index (κ1) is 15.4. The van der Waals surface area contributed by atoms with Crippen molar-refractivity contribution in [2.75, 3.05) is 0 Å². The van der Waals surface area contributed by atoms with Gasteiger partial charge in [0, 0.05) is 12.1 Å². The fourth-order valence-corrected chi connectivity index (χ4v) is 2.27. The molecule has 0 fully saturated rings. The van der Waals surface area contributed by atoms with Crippen molar-refractivity contribution in [3.8, 4) is 5.75 Å². The molecule has 0 unspecified atom stereocenters. The van der Waals surface area contributed by atoms with Crippen molar-refractivity contribution in [3.63, 3.8) is 0 Å². The number of nitrogens with zero attached hydrogens (tertiary/aromatic N) is 2. The molecule has 1 heterocycles. The van der Waals surface area contributed by atoms with Crippen LogP contribution in [0.5, 0.6) is 5.75 Å². The summed E-state index contributed by atoms with van der Waals surface area (Å²) >= 11 is 6.26. The van der Waals surface area contributed by atoms with Crippen molar-refractivity contribution >= 4 is 17.4 Å². The minimum Gasteiger partial charge on any atom is -0.487 e. The van der Waals surface area contributed by atoms with Gasteiger partial charge in [0.15, 0.2) is 0 Å². The normalized spacial score (nSPS) is 10.7. The lowest BCUT2D eigenvalue weighted by atomic mass is 10.1. The first-order valence-corrected chi connectivity index (χ1v) is 7.11. The zero-order chi connectivity index (χ0) is 15.6. The molecule has 0 radical (unpaired) electrons. The first-order valence-electron chi connectivity index (χ1n) is 6.73. The molecular formula is C15H19ClN4O. The van der Waals surface area contributed by atoms with E-state index in [0.29, 0.717) is 22.9 Å². The molecule has 21 heavy (non-hydrogen) atoms. The second kappa shape index (κ2) is 6.18. The second-order valence-corrected chi connectivity index (χ2v) is 5.22. The summed E-state index contributed by atoms with van der Waals surface area (Å²) in [6.07, 6.45) is 0. The van der Waals surface area contributed by atoms with Crippen molar-refractivity contribution < 1.29 is 4.74 Å². The van der Waals surface area contributed by atoms with E-state index in [1.807, 2.05) is 31.5 Å². The summed E-state index contributed by atoms with van der Waals surface area (Å²) < 4.78 is 7.69. The minimum atomic E-state index is 0.0207. The summed E-state index contributed by atoms with van der Waals surface area (Å²) in [6.45, 7) is 6.89. The molecule has 0 aliphatic heterocycles. The van der Waals surface area contributed by atoms with Crippen LogP contribution in [0.3, 0.4) is 0 Å². The minimum absolute atomic E-state index is 0.0207. The number of rotatable bonds is 5. The van der Waals surface area contributed by atoms with E-state index >= 15 is 0 Å². The molecule has 3 N–H and O–H groups in total. The van der Waals surface area contributed by atoms with Gasteiger partial charge in [-0.3, -0.25) is 10.1 Å². The molecule has 0 aliphatic rings. The van der Waals surface area contributed by atoms with Crippen LogP contribution in [0.25, 0.3) is 0 Å². The Morgan fingerprint density at radius 2 is 2.14 bits per heavy atom. The lowest BCUT2D eigenvalue weighted by Crippen LogP contribution is -2.12. The second-order valence-electron chi connectivity index (χ2n) is 4.84. The molecule has 2 rings (SSSR count). The van der Waals surface area contributed by atoms with Crippen LogP contribution in [-0.4, -0.2) is 15.6 Å². The van der Waals surface area contributed by atoms with Crippen LogP contribution in [0, 0.1) is 19.3 Å². The smallest absolute Gasteiger partial charge is 0.131 e. The number of nitrogens with two attached hydrogens (primary N) is 1. The fraction of sp³-hybridized carbons (Fsp3) is 0.333. The summed E-state index contributed by atoms with van der Waals surface area (Å²) in [4.78, 5) is 0. The number of nitrogens with one attached hydrogen (secondary N) is 1. The third kappa shape index (κ3) is 3.19. The van der Waals surface area contributed by atoms with Crippen molar-refractivity contribution in [1.82, 2.24) is 9.78 Å². The van der Waals surface area contributed by atoms with Gasteiger partial charge in [-0.05, 0) is 32.4 Å². The van der Waals surface area contributed by atoms with E-state index in [-0.39, 0.29) is 5.84 Å². The number of ether oxygens (including phenoxy) is 1. The van der Waals surface area contributed by atoms with E-state index < -0.39 is 0 Å². The van der Waals surface area contributed by atoms with Gasteiger partial charge in [0.2, 0.25) is 0 Å². The molecule has 5 nitrogen and oxygen atoms in total. The lowest BCUT2D eigenvalue weighted by Gasteiger charge is -2.12. The topological polar surface area (TPSA) is 76.9 Å². The number of halogens is 1. The highest BCUT2D eigenvalue weighted by atomic mass is 35.5. The third-order valence-electron chi connectivity index (χ3n) is 3.32. The van der Waals surface area contributed by atoms with Gasteiger partial charge in [-0.25, -0.2) is 0 Å². The molecule has 0 spiro atoms. The largest absolute Gasteiger partial charge is 0.487 e. The Kier molecular flexibility index (Phi) is 4.53. The molecule has 0 saturated heterocycles. The zero-order valence-corrected chi connectivity index (χ0v) is 13.2. The third-order valence-corrected chi connectivity index (χ3v) is 3.81. The lowest BCUT2D eigenvalue weighted by molar-refractivity contribution is 0.290. The van der Waals surface area contributed by atoms with Gasteiger partial charge in [0.1, 0.15) is 18.2 Å². The predicted octanol–water partition coefficient (Wildman–Crippen LogP) is 3.04. The van der Waals surface area contributed by atoms with Gasteiger partial charge in [-0.1, -0.05) is 23.7 Å². The van der Waals surface area contributed by atoms with Crippen LogP contribution in [-0.2, 0) is 13.2 Å². The summed E-state index contributed by atoms with van der Waals surface area (Å²) in [7, 11) is 0. The van der Waals surface area contributed by atoms with E-state index in [1.165, 1.54) is 0 Å². The molecule has 1 aromatic carbocycles. The number of aryl methyl sites for hydroxylation is 3. The monoisotopic (exact) mass is 306 g/mol. The molecular weight excluding hydrogens is 288 g/mol. The Morgan fingerprint density at radius 3 is 2.76 bits per heavy atom. The molecule has 112 valence electrons. The van der Waals surface area contributed by atoms with Crippen LogP contribution < -0.4 is 10.5 Å². The molecule has 2 aromatic rings. The van der Waals surface area contributed by atoms with Crippen LogP contribution in [0.1, 0.15) is 29.4 Å². The van der Waals surface area contributed by atoms with Gasteiger partial charge < -0.3 is 10.5 Å². The Labute approximate surface area is 129 Å². The average Bonchev–Trinajstić information content (AvgIpc) is 2.73. The van der Waals surface area contributed by atoms with E-state index in [4.69, 9.17) is 27.5 Å². The van der Waals surface area contributed by atoms with Gasteiger partial charge in [-0.2, -0.15) is 5.10 Å². The maximum Gasteiger partial charge on any atom is 0.131 e. The van der Waals surface area contributed by atoms with Gasteiger partial charge >= 0.3 is 0 Å². The van der Waals surface area contributed by atoms with Crippen molar-refractivity contribution in [2.24, 2.45) is 5.73 Å². The van der Waals surface area contributed by atoms with Gasteiger partial charge in [0.05, 0.1) is 16.4 Å². The molecule has 0 bridgehead atoms. The molecule has 0 amide bonds. The summed E-state index contributed by atoms with van der Waals surface area (Å²) in [5.41, 5.74) is 8.78. The van der Waals surface area contributed by atoms with Gasteiger partial charge in [-0.15, -0.1) is 0 Å². The van der Waals surface area contributed by atoms with Crippen LogP contribution in [0.4, 0.5) is 0 Å². The van der Waals surface area contributed by atoms with Crippen LogP contribution in [0.2, 0.25) is 5.02 Å². The van der Waals surface area contributed by atoms with E-state index in [9.17, 15) is 0 Å².